The Labute approximate surface area is 124 Å². The second-order valence-electron chi connectivity index (χ2n) is 4.97. The van der Waals surface area contributed by atoms with Crippen LogP contribution in [0.15, 0.2) is 42.5 Å². The summed E-state index contributed by atoms with van der Waals surface area (Å²) in [4.78, 5) is 11.1. The third-order valence-corrected chi connectivity index (χ3v) is 3.31. The summed E-state index contributed by atoms with van der Waals surface area (Å²) >= 11 is 0. The van der Waals surface area contributed by atoms with E-state index in [0.717, 1.165) is 18.5 Å². The van der Waals surface area contributed by atoms with E-state index in [0.29, 0.717) is 17.7 Å². The molecule has 0 aliphatic heterocycles. The molecule has 0 aliphatic carbocycles. The highest BCUT2D eigenvalue weighted by Gasteiger charge is 2.07. The first-order valence-electron chi connectivity index (χ1n) is 7.01. The maximum Gasteiger partial charge on any atom is 0.248 e. The van der Waals surface area contributed by atoms with Crippen molar-refractivity contribution < 1.29 is 9.18 Å². The smallest absolute Gasteiger partial charge is 0.248 e. The van der Waals surface area contributed by atoms with Crippen LogP contribution in [0.2, 0.25) is 0 Å². The first-order chi connectivity index (χ1) is 10.1. The number of primary amides is 1. The van der Waals surface area contributed by atoms with Gasteiger partial charge in [0.2, 0.25) is 5.91 Å². The summed E-state index contributed by atoms with van der Waals surface area (Å²) in [5.41, 5.74) is 8.13. The van der Waals surface area contributed by atoms with E-state index in [-0.39, 0.29) is 5.82 Å². The molecular formula is C17H19FN2O. The van der Waals surface area contributed by atoms with Crippen molar-refractivity contribution in [1.82, 2.24) is 0 Å². The van der Waals surface area contributed by atoms with Crippen LogP contribution in [0.1, 0.15) is 34.8 Å². The van der Waals surface area contributed by atoms with Crippen molar-refractivity contribution in [3.05, 3.63) is 65.0 Å². The molecule has 21 heavy (non-hydrogen) atoms. The van der Waals surface area contributed by atoms with Gasteiger partial charge < -0.3 is 11.1 Å². The molecule has 0 aromatic heterocycles. The number of rotatable bonds is 6. The minimum absolute atomic E-state index is 0.306. The molecule has 0 atom stereocenters. The van der Waals surface area contributed by atoms with Gasteiger partial charge in [0.1, 0.15) is 5.82 Å². The summed E-state index contributed by atoms with van der Waals surface area (Å²) in [6.45, 7) is 2.45. The standard InChI is InChI=1S/C17H19FN2O/c1-2-3-12-4-7-15(8-5-12)20-11-14-10-13(17(19)21)6-9-16(14)18/h4-10,20H,2-3,11H2,1H3,(H2,19,21). The Bertz CT molecular complexity index is 623. The lowest BCUT2D eigenvalue weighted by molar-refractivity contribution is 0.1000. The van der Waals surface area contributed by atoms with Crippen molar-refractivity contribution in [3.8, 4) is 0 Å². The fourth-order valence-corrected chi connectivity index (χ4v) is 2.14. The number of amides is 1. The van der Waals surface area contributed by atoms with Crippen LogP contribution in [-0.4, -0.2) is 5.91 Å². The van der Waals surface area contributed by atoms with Crippen LogP contribution in [0.25, 0.3) is 0 Å². The number of benzene rings is 2. The molecule has 110 valence electrons. The predicted octanol–water partition coefficient (Wildman–Crippen LogP) is 3.49. The molecule has 4 heteroatoms. The maximum atomic E-state index is 13.7. The molecule has 0 spiro atoms. The van der Waals surface area contributed by atoms with Crippen LogP contribution in [0.5, 0.6) is 0 Å². The Morgan fingerprint density at radius 1 is 1.19 bits per heavy atom. The highest BCUT2D eigenvalue weighted by atomic mass is 19.1. The number of nitrogens with one attached hydrogen (secondary N) is 1. The Balaban J connectivity index is 2.05. The average molecular weight is 286 g/mol. The van der Waals surface area contributed by atoms with Gasteiger partial charge in [-0.05, 0) is 42.3 Å². The second kappa shape index (κ2) is 6.88. The third-order valence-electron chi connectivity index (χ3n) is 3.31. The zero-order chi connectivity index (χ0) is 15.2. The van der Waals surface area contributed by atoms with Gasteiger partial charge in [0.05, 0.1) is 0 Å². The van der Waals surface area contributed by atoms with Gasteiger partial charge in [-0.15, -0.1) is 0 Å². The van der Waals surface area contributed by atoms with Gasteiger partial charge in [0.25, 0.3) is 0 Å². The van der Waals surface area contributed by atoms with E-state index in [1.54, 1.807) is 0 Å². The van der Waals surface area contributed by atoms with Gasteiger partial charge in [0.15, 0.2) is 0 Å². The molecule has 0 bridgehead atoms. The minimum atomic E-state index is -0.555. The molecule has 0 saturated heterocycles. The lowest BCUT2D eigenvalue weighted by atomic mass is 10.1. The molecule has 0 radical (unpaired) electrons. The topological polar surface area (TPSA) is 55.1 Å². The summed E-state index contributed by atoms with van der Waals surface area (Å²) in [5, 5.41) is 3.15. The SMILES string of the molecule is CCCc1ccc(NCc2cc(C(N)=O)ccc2F)cc1. The predicted molar refractivity (Wildman–Crippen MR) is 82.7 cm³/mol. The van der Waals surface area contributed by atoms with Crippen LogP contribution in [0, 0.1) is 5.82 Å². The molecular weight excluding hydrogens is 267 g/mol. The number of carbonyl (C=O) groups is 1. The van der Waals surface area contributed by atoms with Crippen LogP contribution in [0.4, 0.5) is 10.1 Å². The number of halogens is 1. The zero-order valence-electron chi connectivity index (χ0n) is 12.0. The molecule has 0 fully saturated rings. The van der Waals surface area contributed by atoms with E-state index < -0.39 is 5.91 Å². The van der Waals surface area contributed by atoms with Crippen molar-refractivity contribution in [3.63, 3.8) is 0 Å². The van der Waals surface area contributed by atoms with Gasteiger partial charge in [-0.2, -0.15) is 0 Å². The molecule has 3 N–H and O–H groups in total. The Hall–Kier alpha value is -2.36. The lowest BCUT2D eigenvalue weighted by Gasteiger charge is -2.09. The van der Waals surface area contributed by atoms with E-state index >= 15 is 0 Å². The largest absolute Gasteiger partial charge is 0.381 e. The second-order valence-corrected chi connectivity index (χ2v) is 4.97. The summed E-state index contributed by atoms with van der Waals surface area (Å²) < 4.78 is 13.7. The summed E-state index contributed by atoms with van der Waals surface area (Å²) in [6.07, 6.45) is 2.16. The molecule has 2 aromatic carbocycles. The summed E-state index contributed by atoms with van der Waals surface area (Å²) in [6, 6.07) is 12.2. The minimum Gasteiger partial charge on any atom is -0.381 e. The molecule has 2 aromatic rings. The van der Waals surface area contributed by atoms with Gasteiger partial charge in [-0.1, -0.05) is 25.5 Å². The molecule has 1 amide bonds. The van der Waals surface area contributed by atoms with Crippen LogP contribution < -0.4 is 11.1 Å². The number of hydrogen-bond donors (Lipinski definition) is 2. The summed E-state index contributed by atoms with van der Waals surface area (Å²) in [7, 11) is 0. The fraction of sp³-hybridized carbons (Fsp3) is 0.235. The van der Waals surface area contributed by atoms with E-state index in [2.05, 4.69) is 24.4 Å². The number of nitrogens with two attached hydrogens (primary N) is 1. The number of aryl methyl sites for hydroxylation is 1. The van der Waals surface area contributed by atoms with Gasteiger partial charge in [-0.3, -0.25) is 4.79 Å². The quantitative estimate of drug-likeness (QED) is 0.854. The van der Waals surface area contributed by atoms with E-state index in [9.17, 15) is 9.18 Å². The number of anilines is 1. The monoisotopic (exact) mass is 286 g/mol. The molecule has 0 heterocycles. The van der Waals surface area contributed by atoms with Crippen LogP contribution >= 0.6 is 0 Å². The van der Waals surface area contributed by atoms with Crippen molar-refractivity contribution in [2.24, 2.45) is 5.73 Å². The first kappa shape index (κ1) is 15.0. The van der Waals surface area contributed by atoms with E-state index in [4.69, 9.17) is 5.73 Å². The maximum absolute atomic E-state index is 13.7. The van der Waals surface area contributed by atoms with Gasteiger partial charge in [0, 0.05) is 23.4 Å². The lowest BCUT2D eigenvalue weighted by Crippen LogP contribution is -2.12. The van der Waals surface area contributed by atoms with Crippen LogP contribution in [0.3, 0.4) is 0 Å². The van der Waals surface area contributed by atoms with Crippen molar-refractivity contribution in [2.75, 3.05) is 5.32 Å². The molecule has 0 saturated carbocycles. The Morgan fingerprint density at radius 3 is 2.52 bits per heavy atom. The number of hydrogen-bond acceptors (Lipinski definition) is 2. The normalized spacial score (nSPS) is 10.4. The van der Waals surface area contributed by atoms with Crippen molar-refractivity contribution in [1.29, 1.82) is 0 Å². The highest BCUT2D eigenvalue weighted by Crippen LogP contribution is 2.15. The summed E-state index contributed by atoms with van der Waals surface area (Å²) in [5.74, 6) is -0.907. The van der Waals surface area contributed by atoms with Gasteiger partial charge >= 0.3 is 0 Å². The third kappa shape index (κ3) is 4.05. The van der Waals surface area contributed by atoms with E-state index in [1.807, 2.05) is 12.1 Å². The molecule has 0 aliphatic rings. The van der Waals surface area contributed by atoms with Crippen molar-refractivity contribution >= 4 is 11.6 Å². The molecule has 3 nitrogen and oxygen atoms in total. The van der Waals surface area contributed by atoms with E-state index in [1.165, 1.54) is 23.8 Å². The Morgan fingerprint density at radius 2 is 1.90 bits per heavy atom. The average Bonchev–Trinajstić information content (AvgIpc) is 2.48. The first-order valence-corrected chi connectivity index (χ1v) is 7.01. The molecule has 0 unspecified atom stereocenters. The highest BCUT2D eigenvalue weighted by molar-refractivity contribution is 5.92. The van der Waals surface area contributed by atoms with Crippen molar-refractivity contribution in [2.45, 2.75) is 26.3 Å². The molecule has 2 rings (SSSR count). The fourth-order valence-electron chi connectivity index (χ4n) is 2.14. The zero-order valence-corrected chi connectivity index (χ0v) is 12.0. The number of carbonyl (C=O) groups excluding carboxylic acids is 1. The van der Waals surface area contributed by atoms with Gasteiger partial charge in [-0.25, -0.2) is 4.39 Å². The Kier molecular flexibility index (Phi) is 4.93. The van der Waals surface area contributed by atoms with Crippen LogP contribution in [-0.2, 0) is 13.0 Å².